The Hall–Kier alpha value is -1.10. The molecule has 0 aromatic heterocycles. The van der Waals surface area contributed by atoms with Crippen LogP contribution >= 0.6 is 0 Å². The van der Waals surface area contributed by atoms with E-state index in [4.69, 9.17) is 10.5 Å². The number of rotatable bonds is 12. The van der Waals surface area contributed by atoms with Crippen LogP contribution in [0.15, 0.2) is 24.3 Å². The number of benzene rings is 1. The molecule has 1 unspecified atom stereocenters. The molecule has 0 aliphatic rings. The SMILES string of the molecule is COc1ccc(CNCCCNCCC(N)CC(C)C)cc1. The monoisotopic (exact) mass is 307 g/mol. The quantitative estimate of drug-likeness (QED) is 0.519. The van der Waals surface area contributed by atoms with Gasteiger partial charge in [0.2, 0.25) is 0 Å². The molecule has 0 spiro atoms. The number of nitrogens with one attached hydrogen (secondary N) is 2. The van der Waals surface area contributed by atoms with Gasteiger partial charge in [-0.05, 0) is 62.5 Å². The molecule has 1 atom stereocenters. The largest absolute Gasteiger partial charge is 0.497 e. The third-order valence-corrected chi connectivity index (χ3v) is 3.66. The third-order valence-electron chi connectivity index (χ3n) is 3.66. The molecule has 0 saturated carbocycles. The average Bonchev–Trinajstić information content (AvgIpc) is 2.49. The number of hydrogen-bond donors (Lipinski definition) is 3. The van der Waals surface area contributed by atoms with Crippen LogP contribution in [0.25, 0.3) is 0 Å². The first-order valence-corrected chi connectivity index (χ1v) is 8.41. The summed E-state index contributed by atoms with van der Waals surface area (Å²) in [6, 6.07) is 8.53. The summed E-state index contributed by atoms with van der Waals surface area (Å²) in [5.74, 6) is 1.60. The predicted molar refractivity (Wildman–Crippen MR) is 94.2 cm³/mol. The summed E-state index contributed by atoms with van der Waals surface area (Å²) in [6.45, 7) is 8.44. The molecule has 0 saturated heterocycles. The lowest BCUT2D eigenvalue weighted by Gasteiger charge is -2.14. The Bertz CT molecular complexity index is 378. The maximum absolute atomic E-state index is 6.06. The van der Waals surface area contributed by atoms with Crippen molar-refractivity contribution in [2.75, 3.05) is 26.7 Å². The second-order valence-electron chi connectivity index (χ2n) is 6.31. The van der Waals surface area contributed by atoms with Gasteiger partial charge in [-0.25, -0.2) is 0 Å². The Morgan fingerprint density at radius 1 is 1.05 bits per heavy atom. The number of hydrogen-bond acceptors (Lipinski definition) is 4. The molecule has 1 aromatic carbocycles. The van der Waals surface area contributed by atoms with E-state index in [1.807, 2.05) is 12.1 Å². The van der Waals surface area contributed by atoms with Crippen molar-refractivity contribution < 1.29 is 4.74 Å². The second-order valence-corrected chi connectivity index (χ2v) is 6.31. The Labute approximate surface area is 135 Å². The maximum Gasteiger partial charge on any atom is 0.118 e. The van der Waals surface area contributed by atoms with Gasteiger partial charge in [0.1, 0.15) is 5.75 Å². The van der Waals surface area contributed by atoms with Gasteiger partial charge in [0, 0.05) is 12.6 Å². The molecule has 22 heavy (non-hydrogen) atoms. The summed E-state index contributed by atoms with van der Waals surface area (Å²) < 4.78 is 5.15. The fraction of sp³-hybridized carbons (Fsp3) is 0.667. The van der Waals surface area contributed by atoms with Crippen molar-refractivity contribution in [3.63, 3.8) is 0 Å². The zero-order chi connectivity index (χ0) is 16.2. The number of methoxy groups -OCH3 is 1. The minimum atomic E-state index is 0.334. The van der Waals surface area contributed by atoms with Gasteiger partial charge < -0.3 is 21.1 Å². The summed E-state index contributed by atoms with van der Waals surface area (Å²) >= 11 is 0. The van der Waals surface area contributed by atoms with Gasteiger partial charge in [-0.15, -0.1) is 0 Å². The first-order valence-electron chi connectivity index (χ1n) is 8.41. The van der Waals surface area contributed by atoms with Crippen molar-refractivity contribution in [2.24, 2.45) is 11.7 Å². The van der Waals surface area contributed by atoms with E-state index in [1.165, 1.54) is 5.56 Å². The van der Waals surface area contributed by atoms with E-state index in [0.29, 0.717) is 12.0 Å². The van der Waals surface area contributed by atoms with Crippen LogP contribution in [-0.2, 0) is 6.54 Å². The summed E-state index contributed by atoms with van der Waals surface area (Å²) in [5.41, 5.74) is 7.35. The lowest BCUT2D eigenvalue weighted by molar-refractivity contribution is 0.414. The van der Waals surface area contributed by atoms with Crippen LogP contribution in [0, 0.1) is 5.92 Å². The molecule has 4 nitrogen and oxygen atoms in total. The predicted octanol–water partition coefficient (Wildman–Crippen LogP) is 2.53. The maximum atomic E-state index is 6.06. The van der Waals surface area contributed by atoms with Crippen molar-refractivity contribution in [3.05, 3.63) is 29.8 Å². The van der Waals surface area contributed by atoms with Crippen molar-refractivity contribution >= 4 is 0 Å². The van der Waals surface area contributed by atoms with Crippen LogP contribution in [0.1, 0.15) is 38.7 Å². The third kappa shape index (κ3) is 9.03. The highest BCUT2D eigenvalue weighted by Crippen LogP contribution is 2.10. The van der Waals surface area contributed by atoms with E-state index < -0.39 is 0 Å². The molecule has 0 bridgehead atoms. The Balaban J connectivity index is 1.95. The van der Waals surface area contributed by atoms with Gasteiger partial charge in [-0.2, -0.15) is 0 Å². The molecular formula is C18H33N3O. The fourth-order valence-corrected chi connectivity index (χ4v) is 2.45. The van der Waals surface area contributed by atoms with Crippen molar-refractivity contribution in [1.29, 1.82) is 0 Å². The Morgan fingerprint density at radius 3 is 2.36 bits per heavy atom. The molecule has 0 amide bonds. The standard InChI is InChI=1S/C18H33N3O/c1-15(2)13-17(19)9-12-20-10-4-11-21-14-16-5-7-18(22-3)8-6-16/h5-8,15,17,20-21H,4,9-14,19H2,1-3H3. The van der Waals surface area contributed by atoms with Crippen LogP contribution < -0.4 is 21.1 Å². The van der Waals surface area contributed by atoms with E-state index in [-0.39, 0.29) is 0 Å². The summed E-state index contributed by atoms with van der Waals surface area (Å²) in [4.78, 5) is 0. The Morgan fingerprint density at radius 2 is 1.73 bits per heavy atom. The van der Waals surface area contributed by atoms with Crippen LogP contribution in [-0.4, -0.2) is 32.8 Å². The lowest BCUT2D eigenvalue weighted by atomic mass is 10.0. The van der Waals surface area contributed by atoms with Crippen molar-refractivity contribution in [1.82, 2.24) is 10.6 Å². The van der Waals surface area contributed by atoms with Gasteiger partial charge in [0.05, 0.1) is 7.11 Å². The van der Waals surface area contributed by atoms with Crippen LogP contribution in [0.4, 0.5) is 0 Å². The van der Waals surface area contributed by atoms with E-state index >= 15 is 0 Å². The lowest BCUT2D eigenvalue weighted by Crippen LogP contribution is -2.29. The summed E-state index contributed by atoms with van der Waals surface area (Å²) in [5, 5.41) is 6.93. The van der Waals surface area contributed by atoms with E-state index in [9.17, 15) is 0 Å². The molecule has 0 aliphatic carbocycles. The van der Waals surface area contributed by atoms with Crippen LogP contribution in [0.2, 0.25) is 0 Å². The van der Waals surface area contributed by atoms with Crippen LogP contribution in [0.3, 0.4) is 0 Å². The zero-order valence-electron chi connectivity index (χ0n) is 14.4. The van der Waals surface area contributed by atoms with Crippen molar-refractivity contribution in [3.8, 4) is 5.75 Å². The first kappa shape index (κ1) is 18.9. The average molecular weight is 307 g/mol. The second kappa shape index (κ2) is 11.5. The highest BCUT2D eigenvalue weighted by Gasteiger charge is 2.04. The normalized spacial score (nSPS) is 12.6. The van der Waals surface area contributed by atoms with Gasteiger partial charge in [0.15, 0.2) is 0 Å². The molecule has 0 heterocycles. The highest BCUT2D eigenvalue weighted by molar-refractivity contribution is 5.26. The molecule has 4 heteroatoms. The fourth-order valence-electron chi connectivity index (χ4n) is 2.45. The van der Waals surface area contributed by atoms with Crippen LogP contribution in [0.5, 0.6) is 5.75 Å². The first-order chi connectivity index (χ1) is 10.6. The zero-order valence-corrected chi connectivity index (χ0v) is 14.4. The molecule has 126 valence electrons. The highest BCUT2D eigenvalue weighted by atomic mass is 16.5. The van der Waals surface area contributed by atoms with Gasteiger partial charge in [0.25, 0.3) is 0 Å². The molecule has 4 N–H and O–H groups in total. The van der Waals surface area contributed by atoms with Gasteiger partial charge in [-0.3, -0.25) is 0 Å². The molecule has 1 rings (SSSR count). The molecule has 0 aliphatic heterocycles. The molecule has 0 radical (unpaired) electrons. The van der Waals surface area contributed by atoms with E-state index in [0.717, 1.165) is 51.2 Å². The van der Waals surface area contributed by atoms with E-state index in [2.05, 4.69) is 36.6 Å². The van der Waals surface area contributed by atoms with Crippen molar-refractivity contribution in [2.45, 2.75) is 45.7 Å². The van der Waals surface area contributed by atoms with Gasteiger partial charge >= 0.3 is 0 Å². The topological polar surface area (TPSA) is 59.3 Å². The summed E-state index contributed by atoms with van der Waals surface area (Å²) in [6.07, 6.45) is 3.32. The molecule has 1 aromatic rings. The smallest absolute Gasteiger partial charge is 0.118 e. The number of nitrogens with two attached hydrogens (primary N) is 1. The van der Waals surface area contributed by atoms with E-state index in [1.54, 1.807) is 7.11 Å². The minimum Gasteiger partial charge on any atom is -0.497 e. The minimum absolute atomic E-state index is 0.334. The summed E-state index contributed by atoms with van der Waals surface area (Å²) in [7, 11) is 1.69. The Kier molecular flexibility index (Phi) is 9.87. The molecular weight excluding hydrogens is 274 g/mol. The molecule has 0 fully saturated rings. The number of ether oxygens (including phenoxy) is 1. The van der Waals surface area contributed by atoms with Gasteiger partial charge in [-0.1, -0.05) is 26.0 Å².